The number of nitrogens with zero attached hydrogens (tertiary/aromatic N) is 3. The molecule has 23 heavy (non-hydrogen) atoms. The second-order valence-electron chi connectivity index (χ2n) is 5.83. The third-order valence-electron chi connectivity index (χ3n) is 4.04. The molecule has 0 aliphatic heterocycles. The van der Waals surface area contributed by atoms with Gasteiger partial charge in [0.2, 0.25) is 0 Å². The van der Waals surface area contributed by atoms with E-state index in [4.69, 9.17) is 0 Å². The molecule has 2 aromatic heterocycles. The third-order valence-corrected chi connectivity index (χ3v) is 4.67. The van der Waals surface area contributed by atoms with E-state index in [1.165, 1.54) is 10.9 Å². The summed E-state index contributed by atoms with van der Waals surface area (Å²) in [5.41, 5.74) is 4.52. The Morgan fingerprint density at radius 2 is 1.91 bits per heavy atom. The Hall–Kier alpha value is -2.20. The molecule has 0 saturated heterocycles. The van der Waals surface area contributed by atoms with E-state index < -0.39 is 0 Å². The third kappa shape index (κ3) is 2.99. The molecule has 0 fully saturated rings. The van der Waals surface area contributed by atoms with Crippen LogP contribution in [0.15, 0.2) is 54.2 Å². The first-order chi connectivity index (χ1) is 11.0. The highest BCUT2D eigenvalue weighted by molar-refractivity contribution is 7.98. The minimum absolute atomic E-state index is 0.953. The molecule has 0 aliphatic rings. The van der Waals surface area contributed by atoms with Crippen LogP contribution in [0.2, 0.25) is 0 Å². The Morgan fingerprint density at radius 3 is 2.61 bits per heavy atom. The molecule has 3 aromatic rings. The number of benzene rings is 1. The van der Waals surface area contributed by atoms with Crippen molar-refractivity contribution in [1.82, 2.24) is 9.55 Å². The Morgan fingerprint density at radius 1 is 1.13 bits per heavy atom. The van der Waals surface area contributed by atoms with Crippen LogP contribution >= 0.6 is 11.8 Å². The normalized spacial score (nSPS) is 11.0. The maximum Gasteiger partial charge on any atom is 0.129 e. The van der Waals surface area contributed by atoms with E-state index in [0.29, 0.717) is 0 Å². The second kappa shape index (κ2) is 6.13. The van der Waals surface area contributed by atoms with Crippen molar-refractivity contribution in [3.8, 4) is 0 Å². The van der Waals surface area contributed by atoms with Gasteiger partial charge in [-0.1, -0.05) is 12.6 Å². The van der Waals surface area contributed by atoms with Gasteiger partial charge < -0.3 is 9.47 Å². The van der Waals surface area contributed by atoms with Gasteiger partial charge in [-0.05, 0) is 53.3 Å². The lowest BCUT2D eigenvalue weighted by Gasteiger charge is -2.15. The van der Waals surface area contributed by atoms with Gasteiger partial charge in [-0.25, -0.2) is 4.98 Å². The fraction of sp³-hybridized carbons (Fsp3) is 0.211. The van der Waals surface area contributed by atoms with Gasteiger partial charge in [0, 0.05) is 38.2 Å². The van der Waals surface area contributed by atoms with Crippen LogP contribution in [0.4, 0.5) is 5.82 Å². The first-order valence-electron chi connectivity index (χ1n) is 7.47. The Kier molecular flexibility index (Phi) is 4.18. The summed E-state index contributed by atoms with van der Waals surface area (Å²) in [5.74, 6) is 0.953. The maximum absolute atomic E-state index is 4.63. The van der Waals surface area contributed by atoms with Crippen molar-refractivity contribution in [2.24, 2.45) is 7.05 Å². The van der Waals surface area contributed by atoms with Crippen LogP contribution < -0.4 is 4.90 Å². The van der Waals surface area contributed by atoms with Crippen LogP contribution in [0, 0.1) is 0 Å². The van der Waals surface area contributed by atoms with Crippen LogP contribution in [-0.2, 0) is 7.05 Å². The maximum atomic E-state index is 4.63. The van der Waals surface area contributed by atoms with E-state index in [2.05, 4.69) is 65.8 Å². The zero-order valence-electron chi connectivity index (χ0n) is 14.0. The predicted octanol–water partition coefficient (Wildman–Crippen LogP) is 4.42. The summed E-state index contributed by atoms with van der Waals surface area (Å²) in [6.07, 6.45) is 4.13. The summed E-state index contributed by atoms with van der Waals surface area (Å²) < 4.78 is 2.13. The van der Waals surface area contributed by atoms with Crippen molar-refractivity contribution in [2.45, 2.75) is 5.03 Å². The fourth-order valence-electron chi connectivity index (χ4n) is 2.64. The van der Waals surface area contributed by atoms with Crippen molar-refractivity contribution >= 4 is 34.1 Å². The Balaban J connectivity index is 2.05. The summed E-state index contributed by atoms with van der Waals surface area (Å²) in [4.78, 5) is 6.65. The van der Waals surface area contributed by atoms with Gasteiger partial charge in [0.25, 0.3) is 0 Å². The molecule has 3 rings (SSSR count). The molecule has 0 N–H and O–H groups in total. The van der Waals surface area contributed by atoms with Crippen molar-refractivity contribution < 1.29 is 0 Å². The quantitative estimate of drug-likeness (QED) is 0.663. The number of hydrogen-bond donors (Lipinski definition) is 0. The van der Waals surface area contributed by atoms with Crippen molar-refractivity contribution in [2.75, 3.05) is 25.3 Å². The van der Waals surface area contributed by atoms with Gasteiger partial charge >= 0.3 is 0 Å². The molecule has 0 atom stereocenters. The summed E-state index contributed by atoms with van der Waals surface area (Å²) in [7, 11) is 6.08. The van der Waals surface area contributed by atoms with E-state index in [9.17, 15) is 0 Å². The number of anilines is 1. The molecule has 0 spiro atoms. The van der Waals surface area contributed by atoms with Crippen molar-refractivity contribution in [1.29, 1.82) is 0 Å². The minimum atomic E-state index is 0.953. The van der Waals surface area contributed by atoms with Crippen LogP contribution in [0.25, 0.3) is 16.5 Å². The van der Waals surface area contributed by atoms with Crippen LogP contribution in [0.3, 0.4) is 0 Å². The van der Waals surface area contributed by atoms with Crippen molar-refractivity contribution in [3.63, 3.8) is 0 Å². The highest BCUT2D eigenvalue weighted by Crippen LogP contribution is 2.29. The fourth-order valence-corrected chi connectivity index (χ4v) is 3.06. The molecule has 0 aliphatic carbocycles. The number of thioether (sulfide) groups is 1. The average Bonchev–Trinajstić information content (AvgIpc) is 2.94. The number of hydrogen-bond acceptors (Lipinski definition) is 3. The summed E-state index contributed by atoms with van der Waals surface area (Å²) >= 11 is 1.65. The smallest absolute Gasteiger partial charge is 0.129 e. The van der Waals surface area contributed by atoms with E-state index in [1.807, 2.05) is 25.3 Å². The van der Waals surface area contributed by atoms with Crippen LogP contribution in [0.5, 0.6) is 0 Å². The number of fused-ring (bicyclic) bond motifs is 1. The monoisotopic (exact) mass is 323 g/mol. The zero-order valence-corrected chi connectivity index (χ0v) is 14.8. The van der Waals surface area contributed by atoms with Crippen LogP contribution in [0.1, 0.15) is 11.1 Å². The molecule has 118 valence electrons. The van der Waals surface area contributed by atoms with Gasteiger partial charge in [-0.3, -0.25) is 0 Å². The highest BCUT2D eigenvalue weighted by Gasteiger charge is 2.09. The van der Waals surface area contributed by atoms with Gasteiger partial charge in [-0.15, -0.1) is 11.8 Å². The second-order valence-corrected chi connectivity index (χ2v) is 6.66. The molecule has 3 nitrogen and oxygen atoms in total. The van der Waals surface area contributed by atoms with Gasteiger partial charge in [-0.2, -0.15) is 0 Å². The Labute approximate surface area is 141 Å². The standard InChI is InChI=1S/C19H21N3S/c1-13(14-6-7-17-15(10-14)8-9-22(17)4)16-11-18(21(2)3)20-19(12-16)23-5/h6-12H,1H2,2-5H3. The summed E-state index contributed by atoms with van der Waals surface area (Å²) in [5, 5.41) is 2.24. The van der Waals surface area contributed by atoms with E-state index >= 15 is 0 Å². The molecule has 0 saturated carbocycles. The molecule has 1 aromatic carbocycles. The number of pyridine rings is 1. The van der Waals surface area contributed by atoms with Crippen LogP contribution in [-0.4, -0.2) is 29.9 Å². The van der Waals surface area contributed by atoms with Gasteiger partial charge in [0.1, 0.15) is 5.82 Å². The topological polar surface area (TPSA) is 21.1 Å². The first-order valence-corrected chi connectivity index (χ1v) is 8.70. The predicted molar refractivity (Wildman–Crippen MR) is 101 cm³/mol. The van der Waals surface area contributed by atoms with Gasteiger partial charge in [0.15, 0.2) is 0 Å². The Bertz CT molecular complexity index is 877. The number of aromatic nitrogens is 2. The minimum Gasteiger partial charge on any atom is -0.363 e. The molecule has 2 heterocycles. The number of rotatable bonds is 4. The highest BCUT2D eigenvalue weighted by atomic mass is 32.2. The molecular formula is C19H21N3S. The molecule has 0 unspecified atom stereocenters. The lowest BCUT2D eigenvalue weighted by Crippen LogP contribution is -2.11. The molecule has 0 bridgehead atoms. The first kappa shape index (κ1) is 15.7. The van der Waals surface area contributed by atoms with E-state index in [-0.39, 0.29) is 0 Å². The van der Waals surface area contributed by atoms with E-state index in [1.54, 1.807) is 11.8 Å². The molecular weight excluding hydrogens is 302 g/mol. The summed E-state index contributed by atoms with van der Waals surface area (Å²) in [6, 6.07) is 12.8. The largest absolute Gasteiger partial charge is 0.363 e. The lowest BCUT2D eigenvalue weighted by atomic mass is 9.99. The van der Waals surface area contributed by atoms with Gasteiger partial charge in [0.05, 0.1) is 5.03 Å². The number of aryl methyl sites for hydroxylation is 1. The molecule has 0 amide bonds. The zero-order chi connectivity index (χ0) is 16.6. The van der Waals surface area contributed by atoms with E-state index in [0.717, 1.165) is 27.5 Å². The van der Waals surface area contributed by atoms with Crippen molar-refractivity contribution in [3.05, 3.63) is 60.3 Å². The summed E-state index contributed by atoms with van der Waals surface area (Å²) in [6.45, 7) is 4.32. The lowest BCUT2D eigenvalue weighted by molar-refractivity contribution is 0.969. The SMILES string of the molecule is C=C(c1cc(SC)nc(N(C)C)c1)c1ccc2c(ccn2C)c1. The molecule has 4 heteroatoms. The average molecular weight is 323 g/mol. The molecule has 0 radical (unpaired) electrons.